The van der Waals surface area contributed by atoms with Crippen LogP contribution in [0.15, 0.2) is 72.8 Å². The van der Waals surface area contributed by atoms with Gasteiger partial charge in [-0.25, -0.2) is 0 Å². The van der Waals surface area contributed by atoms with Gasteiger partial charge in [0.05, 0.1) is 6.04 Å². The van der Waals surface area contributed by atoms with Crippen LogP contribution in [-0.4, -0.2) is 16.1 Å². The van der Waals surface area contributed by atoms with Gasteiger partial charge in [0, 0.05) is 34.5 Å². The first-order valence-corrected chi connectivity index (χ1v) is 10.5. The summed E-state index contributed by atoms with van der Waals surface area (Å²) in [4.78, 5) is 12.7. The molecule has 0 fully saturated rings. The fourth-order valence-corrected chi connectivity index (χ4v) is 4.76. The molecule has 1 heterocycles. The van der Waals surface area contributed by atoms with Crippen LogP contribution in [0.1, 0.15) is 45.4 Å². The Kier molecular flexibility index (Phi) is 4.66. The Morgan fingerprint density at radius 1 is 1.03 bits per heavy atom. The fourth-order valence-electron chi connectivity index (χ4n) is 4.76. The second-order valence-corrected chi connectivity index (χ2v) is 8.34. The standard InChI is InChI=1S/C26H24N2O3/c1-15-4-2-5-16(12-15)26(31)27-17-8-11-23-22(13-17)19-6-3-7-20(19)25(28-23)21-10-9-18(29)14-24(21)30/h2-6,8-14,19-20,25,28-30H,7H2,1H3,(H,27,31). The maximum absolute atomic E-state index is 12.7. The molecule has 0 bridgehead atoms. The van der Waals surface area contributed by atoms with Crippen molar-refractivity contribution in [2.24, 2.45) is 5.92 Å². The predicted octanol–water partition coefficient (Wildman–Crippen LogP) is 5.49. The molecule has 0 radical (unpaired) electrons. The largest absolute Gasteiger partial charge is 0.508 e. The number of anilines is 2. The number of hydrogen-bond acceptors (Lipinski definition) is 4. The van der Waals surface area contributed by atoms with Gasteiger partial charge in [0.1, 0.15) is 11.5 Å². The van der Waals surface area contributed by atoms with E-state index in [1.807, 2.05) is 49.4 Å². The van der Waals surface area contributed by atoms with Crippen LogP contribution >= 0.6 is 0 Å². The van der Waals surface area contributed by atoms with E-state index < -0.39 is 0 Å². The average Bonchev–Trinajstić information content (AvgIpc) is 3.24. The summed E-state index contributed by atoms with van der Waals surface area (Å²) in [5, 5.41) is 26.7. The van der Waals surface area contributed by atoms with Crippen LogP contribution in [0.2, 0.25) is 0 Å². The van der Waals surface area contributed by atoms with E-state index >= 15 is 0 Å². The lowest BCUT2D eigenvalue weighted by Gasteiger charge is -2.38. The maximum Gasteiger partial charge on any atom is 0.255 e. The first kappa shape index (κ1) is 19.2. The monoisotopic (exact) mass is 412 g/mol. The Morgan fingerprint density at radius 3 is 2.71 bits per heavy atom. The number of carbonyl (C=O) groups excluding carboxylic acids is 1. The Labute approximate surface area is 181 Å². The molecule has 4 N–H and O–H groups in total. The van der Waals surface area contributed by atoms with Crippen molar-refractivity contribution in [3.8, 4) is 11.5 Å². The molecule has 5 nitrogen and oxygen atoms in total. The van der Waals surface area contributed by atoms with E-state index in [1.165, 1.54) is 6.07 Å². The summed E-state index contributed by atoms with van der Waals surface area (Å²) in [7, 11) is 0. The van der Waals surface area contributed by atoms with Crippen molar-refractivity contribution in [3.63, 3.8) is 0 Å². The second kappa shape index (κ2) is 7.51. The topological polar surface area (TPSA) is 81.6 Å². The summed E-state index contributed by atoms with van der Waals surface area (Å²) in [6, 6.07) is 18.1. The van der Waals surface area contributed by atoms with Gasteiger partial charge in [0.25, 0.3) is 5.91 Å². The maximum atomic E-state index is 12.7. The third kappa shape index (κ3) is 3.52. The van der Waals surface area contributed by atoms with E-state index in [0.29, 0.717) is 5.56 Å². The average molecular weight is 412 g/mol. The number of carbonyl (C=O) groups is 1. The minimum absolute atomic E-state index is 0.0487. The van der Waals surface area contributed by atoms with E-state index in [4.69, 9.17) is 0 Å². The normalized spacial score (nSPS) is 21.1. The fraction of sp³-hybridized carbons (Fsp3) is 0.192. The molecule has 1 aliphatic heterocycles. The van der Waals surface area contributed by atoms with Crippen molar-refractivity contribution >= 4 is 17.3 Å². The minimum atomic E-state index is -0.127. The molecule has 3 atom stereocenters. The first-order chi connectivity index (χ1) is 15.0. The molecule has 3 aromatic carbocycles. The Hall–Kier alpha value is -3.73. The number of rotatable bonds is 3. The summed E-state index contributed by atoms with van der Waals surface area (Å²) in [5.74, 6) is 0.440. The lowest BCUT2D eigenvalue weighted by atomic mass is 9.76. The van der Waals surface area contributed by atoms with Crippen LogP contribution in [0.5, 0.6) is 11.5 Å². The van der Waals surface area contributed by atoms with Crippen LogP contribution in [0.3, 0.4) is 0 Å². The van der Waals surface area contributed by atoms with Crippen molar-refractivity contribution in [2.75, 3.05) is 10.6 Å². The second-order valence-electron chi connectivity index (χ2n) is 8.34. The Balaban J connectivity index is 1.45. The quantitative estimate of drug-likeness (QED) is 0.429. The number of nitrogens with one attached hydrogen (secondary N) is 2. The molecule has 1 aliphatic carbocycles. The molecule has 3 unspecified atom stereocenters. The Bertz CT molecular complexity index is 1200. The molecule has 5 rings (SSSR count). The van der Waals surface area contributed by atoms with Crippen molar-refractivity contribution in [2.45, 2.75) is 25.3 Å². The van der Waals surface area contributed by atoms with Crippen molar-refractivity contribution < 1.29 is 15.0 Å². The van der Waals surface area contributed by atoms with Gasteiger partial charge >= 0.3 is 0 Å². The van der Waals surface area contributed by atoms with E-state index in [2.05, 4.69) is 22.8 Å². The summed E-state index contributed by atoms with van der Waals surface area (Å²) in [6.45, 7) is 1.97. The molecular weight excluding hydrogens is 388 g/mol. The van der Waals surface area contributed by atoms with Gasteiger partial charge in [-0.1, -0.05) is 29.8 Å². The third-order valence-corrected chi connectivity index (χ3v) is 6.25. The van der Waals surface area contributed by atoms with E-state index in [-0.39, 0.29) is 35.3 Å². The van der Waals surface area contributed by atoms with Crippen LogP contribution < -0.4 is 10.6 Å². The molecular formula is C26H24N2O3. The van der Waals surface area contributed by atoms with Crippen LogP contribution in [-0.2, 0) is 0 Å². The highest BCUT2D eigenvalue weighted by Crippen LogP contribution is 2.51. The molecule has 3 aromatic rings. The highest BCUT2D eigenvalue weighted by Gasteiger charge is 2.39. The van der Waals surface area contributed by atoms with Crippen LogP contribution in [0, 0.1) is 12.8 Å². The van der Waals surface area contributed by atoms with Gasteiger partial charge in [-0.3, -0.25) is 4.79 Å². The first-order valence-electron chi connectivity index (χ1n) is 10.5. The zero-order valence-corrected chi connectivity index (χ0v) is 17.2. The number of phenols is 2. The lowest BCUT2D eigenvalue weighted by molar-refractivity contribution is 0.102. The molecule has 0 spiro atoms. The van der Waals surface area contributed by atoms with Gasteiger partial charge < -0.3 is 20.8 Å². The van der Waals surface area contributed by atoms with Gasteiger partial charge in [0.2, 0.25) is 0 Å². The molecule has 5 heteroatoms. The van der Waals surface area contributed by atoms with E-state index in [9.17, 15) is 15.0 Å². The number of hydrogen-bond donors (Lipinski definition) is 4. The predicted molar refractivity (Wildman–Crippen MR) is 122 cm³/mol. The Morgan fingerprint density at radius 2 is 1.90 bits per heavy atom. The minimum Gasteiger partial charge on any atom is -0.508 e. The molecule has 31 heavy (non-hydrogen) atoms. The number of fused-ring (bicyclic) bond motifs is 3. The van der Waals surface area contributed by atoms with Crippen molar-refractivity contribution in [3.05, 3.63) is 95.1 Å². The lowest BCUT2D eigenvalue weighted by Crippen LogP contribution is -2.29. The number of amides is 1. The number of aromatic hydroxyl groups is 2. The summed E-state index contributed by atoms with van der Waals surface area (Å²) < 4.78 is 0. The van der Waals surface area contributed by atoms with E-state index in [1.54, 1.807) is 12.1 Å². The van der Waals surface area contributed by atoms with Gasteiger partial charge in [-0.05, 0) is 67.3 Å². The number of allylic oxidation sites excluding steroid dienone is 2. The zero-order valence-electron chi connectivity index (χ0n) is 17.2. The van der Waals surface area contributed by atoms with E-state index in [0.717, 1.165) is 34.5 Å². The number of phenolic OH excluding ortho intramolecular Hbond substituents is 2. The number of aryl methyl sites for hydroxylation is 1. The molecule has 156 valence electrons. The summed E-state index contributed by atoms with van der Waals surface area (Å²) in [5.41, 5.74) is 5.34. The van der Waals surface area contributed by atoms with Crippen LogP contribution in [0.25, 0.3) is 0 Å². The number of benzene rings is 3. The highest BCUT2D eigenvalue weighted by atomic mass is 16.3. The van der Waals surface area contributed by atoms with Gasteiger partial charge in [0.15, 0.2) is 0 Å². The van der Waals surface area contributed by atoms with Crippen molar-refractivity contribution in [1.29, 1.82) is 0 Å². The molecule has 0 saturated carbocycles. The summed E-state index contributed by atoms with van der Waals surface area (Å²) in [6.07, 6.45) is 5.28. The molecule has 0 aromatic heterocycles. The molecule has 1 amide bonds. The van der Waals surface area contributed by atoms with Gasteiger partial charge in [-0.2, -0.15) is 0 Å². The van der Waals surface area contributed by atoms with Crippen molar-refractivity contribution in [1.82, 2.24) is 0 Å². The smallest absolute Gasteiger partial charge is 0.255 e. The highest BCUT2D eigenvalue weighted by molar-refractivity contribution is 6.04. The zero-order chi connectivity index (χ0) is 21.5. The van der Waals surface area contributed by atoms with Gasteiger partial charge in [-0.15, -0.1) is 0 Å². The summed E-state index contributed by atoms with van der Waals surface area (Å²) >= 11 is 0. The molecule has 0 saturated heterocycles. The molecule has 2 aliphatic rings. The van der Waals surface area contributed by atoms with Crippen LogP contribution in [0.4, 0.5) is 11.4 Å². The third-order valence-electron chi connectivity index (χ3n) is 6.25. The SMILES string of the molecule is Cc1cccc(C(=O)Nc2ccc3c(c2)C2C=CCC2C(c2ccc(O)cc2O)N3)c1.